The highest BCUT2D eigenvalue weighted by molar-refractivity contribution is 5.92. The smallest absolute Gasteiger partial charge is 0.319 e. The number of para-hydroxylation sites is 1. The third-order valence-electron chi connectivity index (χ3n) is 3.32. The lowest BCUT2D eigenvalue weighted by molar-refractivity contribution is 0.251. The summed E-state index contributed by atoms with van der Waals surface area (Å²) in [6, 6.07) is 14.7. The molecular formula is C19H24N4O2. The van der Waals surface area contributed by atoms with Crippen LogP contribution in [0.5, 0.6) is 5.75 Å². The van der Waals surface area contributed by atoms with Gasteiger partial charge < -0.3 is 15.4 Å². The van der Waals surface area contributed by atoms with E-state index >= 15 is 0 Å². The summed E-state index contributed by atoms with van der Waals surface area (Å²) in [5.41, 5.74) is 2.23. The number of carbonyl (C=O) groups excluding carboxylic acids is 1. The Hall–Kier alpha value is -2.89. The molecular weight excluding hydrogens is 316 g/mol. The van der Waals surface area contributed by atoms with E-state index in [0.717, 1.165) is 11.3 Å². The largest absolute Gasteiger partial charge is 0.493 e. The summed E-state index contributed by atoms with van der Waals surface area (Å²) >= 11 is 0. The first-order valence-electron chi connectivity index (χ1n) is 8.24. The number of benzene rings is 2. The van der Waals surface area contributed by atoms with Crippen LogP contribution in [0.1, 0.15) is 19.4 Å². The van der Waals surface area contributed by atoms with Crippen molar-refractivity contribution in [2.24, 2.45) is 16.1 Å². The van der Waals surface area contributed by atoms with Gasteiger partial charge in [0.15, 0.2) is 0 Å². The van der Waals surface area contributed by atoms with Crippen molar-refractivity contribution in [3.05, 3.63) is 54.1 Å². The van der Waals surface area contributed by atoms with Gasteiger partial charge in [-0.15, -0.1) is 0 Å². The first-order chi connectivity index (χ1) is 12.1. The van der Waals surface area contributed by atoms with Gasteiger partial charge in [0.25, 0.3) is 0 Å². The average Bonchev–Trinajstić information content (AvgIpc) is 2.61. The number of rotatable bonds is 7. The minimum atomic E-state index is -0.293. The molecule has 25 heavy (non-hydrogen) atoms. The van der Waals surface area contributed by atoms with Crippen LogP contribution in [0.4, 0.5) is 16.2 Å². The van der Waals surface area contributed by atoms with Crippen LogP contribution >= 0.6 is 0 Å². The summed E-state index contributed by atoms with van der Waals surface area (Å²) in [5.74, 6) is 1.32. The second-order valence-corrected chi connectivity index (χ2v) is 5.97. The Morgan fingerprint density at radius 3 is 2.52 bits per heavy atom. The van der Waals surface area contributed by atoms with E-state index in [1.165, 1.54) is 0 Å². The van der Waals surface area contributed by atoms with Crippen molar-refractivity contribution in [3.8, 4) is 5.75 Å². The van der Waals surface area contributed by atoms with Gasteiger partial charge in [-0.2, -0.15) is 10.2 Å². The molecule has 0 saturated carbocycles. The molecule has 0 aliphatic rings. The van der Waals surface area contributed by atoms with Gasteiger partial charge in [0.1, 0.15) is 11.4 Å². The number of azo groups is 1. The fraction of sp³-hybridized carbons (Fsp3) is 0.316. The molecule has 0 saturated heterocycles. The Bertz CT molecular complexity index is 712. The summed E-state index contributed by atoms with van der Waals surface area (Å²) in [6.45, 7) is 5.33. The summed E-state index contributed by atoms with van der Waals surface area (Å²) in [5, 5.41) is 13.3. The standard InChI is InChI=1S/C19H24N4O2/c1-14(2)13-25-16-10-8-15(9-11-16)12-21-19(24)22-17-6-4-5-7-18(17)23-20-3/h4-11,14H,12-13H2,1-3H3,(H2,21,22,24). The zero-order chi connectivity index (χ0) is 18.1. The molecule has 2 rings (SSSR count). The summed E-state index contributed by atoms with van der Waals surface area (Å²) in [7, 11) is 1.59. The van der Waals surface area contributed by atoms with Crippen LogP contribution in [0, 0.1) is 5.92 Å². The molecule has 2 amide bonds. The average molecular weight is 340 g/mol. The van der Waals surface area contributed by atoms with Gasteiger partial charge in [-0.1, -0.05) is 38.1 Å². The Morgan fingerprint density at radius 2 is 1.84 bits per heavy atom. The molecule has 0 aliphatic carbocycles. The third-order valence-corrected chi connectivity index (χ3v) is 3.32. The van der Waals surface area contributed by atoms with E-state index in [1.54, 1.807) is 19.2 Å². The lowest BCUT2D eigenvalue weighted by Gasteiger charge is -2.11. The SMILES string of the molecule is CN=Nc1ccccc1NC(=O)NCc1ccc(OCC(C)C)cc1. The van der Waals surface area contributed by atoms with Crippen molar-refractivity contribution in [1.82, 2.24) is 5.32 Å². The number of amides is 2. The van der Waals surface area contributed by atoms with Crippen molar-refractivity contribution in [2.75, 3.05) is 19.0 Å². The van der Waals surface area contributed by atoms with Gasteiger partial charge in [0.2, 0.25) is 0 Å². The van der Waals surface area contributed by atoms with Gasteiger partial charge in [-0.05, 0) is 35.7 Å². The van der Waals surface area contributed by atoms with Gasteiger partial charge in [-0.3, -0.25) is 0 Å². The van der Waals surface area contributed by atoms with Gasteiger partial charge in [0, 0.05) is 13.6 Å². The quantitative estimate of drug-likeness (QED) is 0.713. The van der Waals surface area contributed by atoms with Crippen LogP contribution in [-0.4, -0.2) is 19.7 Å². The third kappa shape index (κ3) is 6.25. The van der Waals surface area contributed by atoms with E-state index in [9.17, 15) is 4.79 Å². The topological polar surface area (TPSA) is 75.1 Å². The first kappa shape index (κ1) is 18.4. The lowest BCUT2D eigenvalue weighted by atomic mass is 10.2. The normalized spacial score (nSPS) is 10.9. The van der Waals surface area contributed by atoms with E-state index in [1.807, 2.05) is 36.4 Å². The molecule has 0 atom stereocenters. The zero-order valence-electron chi connectivity index (χ0n) is 14.8. The molecule has 132 valence electrons. The number of ether oxygens (including phenoxy) is 1. The predicted molar refractivity (Wildman–Crippen MR) is 99.5 cm³/mol. The molecule has 2 aromatic carbocycles. The maximum Gasteiger partial charge on any atom is 0.319 e. The second-order valence-electron chi connectivity index (χ2n) is 5.97. The van der Waals surface area contributed by atoms with Crippen molar-refractivity contribution in [2.45, 2.75) is 20.4 Å². The summed E-state index contributed by atoms with van der Waals surface area (Å²) in [6.07, 6.45) is 0. The number of nitrogens with zero attached hydrogens (tertiary/aromatic N) is 2. The molecule has 0 radical (unpaired) electrons. The molecule has 0 aliphatic heterocycles. The lowest BCUT2D eigenvalue weighted by Crippen LogP contribution is -2.28. The number of hydrogen-bond acceptors (Lipinski definition) is 4. The van der Waals surface area contributed by atoms with Gasteiger partial charge >= 0.3 is 6.03 Å². The fourth-order valence-electron chi connectivity index (χ4n) is 2.09. The van der Waals surface area contributed by atoms with E-state index in [0.29, 0.717) is 30.4 Å². The van der Waals surface area contributed by atoms with Crippen molar-refractivity contribution < 1.29 is 9.53 Å². The van der Waals surface area contributed by atoms with Crippen LogP contribution in [0.25, 0.3) is 0 Å². The Balaban J connectivity index is 1.86. The first-order valence-corrected chi connectivity index (χ1v) is 8.24. The Kier molecular flexibility index (Phi) is 6.95. The molecule has 6 heteroatoms. The van der Waals surface area contributed by atoms with Crippen LogP contribution in [-0.2, 0) is 6.54 Å². The fourth-order valence-corrected chi connectivity index (χ4v) is 2.09. The number of anilines is 1. The number of urea groups is 1. The van der Waals surface area contributed by atoms with Crippen LogP contribution in [0.15, 0.2) is 58.8 Å². The highest BCUT2D eigenvalue weighted by Crippen LogP contribution is 2.24. The minimum absolute atomic E-state index is 0.293. The highest BCUT2D eigenvalue weighted by Gasteiger charge is 2.06. The van der Waals surface area contributed by atoms with Gasteiger partial charge in [-0.25, -0.2) is 4.79 Å². The highest BCUT2D eigenvalue weighted by atomic mass is 16.5. The van der Waals surface area contributed by atoms with E-state index in [2.05, 4.69) is 34.7 Å². The molecule has 0 unspecified atom stereocenters. The molecule has 0 heterocycles. The summed E-state index contributed by atoms with van der Waals surface area (Å²) < 4.78 is 5.64. The van der Waals surface area contributed by atoms with Crippen LogP contribution < -0.4 is 15.4 Å². The van der Waals surface area contributed by atoms with Crippen LogP contribution in [0.2, 0.25) is 0 Å². The number of nitrogens with one attached hydrogen (secondary N) is 2. The number of hydrogen-bond donors (Lipinski definition) is 2. The maximum absolute atomic E-state index is 12.1. The van der Waals surface area contributed by atoms with E-state index < -0.39 is 0 Å². The zero-order valence-corrected chi connectivity index (χ0v) is 14.8. The molecule has 0 fully saturated rings. The second kappa shape index (κ2) is 9.42. The van der Waals surface area contributed by atoms with E-state index in [4.69, 9.17) is 4.74 Å². The Labute approximate surface area is 148 Å². The molecule has 0 spiro atoms. The molecule has 2 aromatic rings. The molecule has 2 N–H and O–H groups in total. The Morgan fingerprint density at radius 1 is 1.12 bits per heavy atom. The summed E-state index contributed by atoms with van der Waals surface area (Å²) in [4.78, 5) is 12.1. The maximum atomic E-state index is 12.1. The minimum Gasteiger partial charge on any atom is -0.493 e. The predicted octanol–water partition coefficient (Wildman–Crippen LogP) is 4.76. The van der Waals surface area contributed by atoms with Crippen molar-refractivity contribution in [1.29, 1.82) is 0 Å². The van der Waals surface area contributed by atoms with Crippen molar-refractivity contribution in [3.63, 3.8) is 0 Å². The monoisotopic (exact) mass is 340 g/mol. The molecule has 0 bridgehead atoms. The van der Waals surface area contributed by atoms with Crippen molar-refractivity contribution >= 4 is 17.4 Å². The van der Waals surface area contributed by atoms with Gasteiger partial charge in [0.05, 0.1) is 12.3 Å². The van der Waals surface area contributed by atoms with Crippen LogP contribution in [0.3, 0.4) is 0 Å². The molecule has 0 aromatic heterocycles. The number of carbonyl (C=O) groups is 1. The van der Waals surface area contributed by atoms with E-state index in [-0.39, 0.29) is 6.03 Å². The molecule has 6 nitrogen and oxygen atoms in total.